The summed E-state index contributed by atoms with van der Waals surface area (Å²) in [6.07, 6.45) is 5.52. The van der Waals surface area contributed by atoms with Crippen molar-refractivity contribution in [3.63, 3.8) is 0 Å². The monoisotopic (exact) mass is 733 g/mol. The number of hydrogen-bond acceptors (Lipinski definition) is 5. The molecule has 12 rings (SSSR count). The van der Waals surface area contributed by atoms with Crippen molar-refractivity contribution in [2.24, 2.45) is 0 Å². The van der Waals surface area contributed by atoms with Crippen LogP contribution in [0.15, 0.2) is 168 Å². The summed E-state index contributed by atoms with van der Waals surface area (Å²) in [5, 5.41) is 7.10. The Kier molecular flexibility index (Phi) is 6.89. The van der Waals surface area contributed by atoms with Crippen LogP contribution in [0.5, 0.6) is 0 Å². The average molecular weight is 734 g/mol. The van der Waals surface area contributed by atoms with Crippen LogP contribution in [0.1, 0.15) is 29.0 Å². The van der Waals surface area contributed by atoms with Gasteiger partial charge in [-0.05, 0) is 75.0 Å². The Morgan fingerprint density at radius 3 is 2.18 bits per heavy atom. The third-order valence-corrected chi connectivity index (χ3v) is 12.8. The van der Waals surface area contributed by atoms with Gasteiger partial charge in [-0.15, -0.1) is 11.3 Å². The van der Waals surface area contributed by atoms with Gasteiger partial charge in [-0.1, -0.05) is 140 Å². The summed E-state index contributed by atoms with van der Waals surface area (Å²) in [7, 11) is 0. The molecule has 262 valence electrons. The van der Waals surface area contributed by atoms with Gasteiger partial charge in [0.05, 0.1) is 0 Å². The largest absolute Gasteiger partial charge is 0.456 e. The topological polar surface area (TPSA) is 51.8 Å². The summed E-state index contributed by atoms with van der Waals surface area (Å²) >= 11 is 1.78. The molecule has 0 fully saturated rings. The molecule has 3 aromatic heterocycles. The summed E-state index contributed by atoms with van der Waals surface area (Å²) in [6, 6.07) is 55.8. The van der Waals surface area contributed by atoms with Gasteiger partial charge in [0, 0.05) is 53.6 Å². The summed E-state index contributed by atoms with van der Waals surface area (Å²) in [4.78, 5) is 15.6. The second kappa shape index (κ2) is 12.3. The lowest BCUT2D eigenvalue weighted by Crippen LogP contribution is -2.35. The Labute approximate surface area is 326 Å². The molecule has 5 heteroatoms. The van der Waals surface area contributed by atoms with E-state index in [0.717, 1.165) is 45.0 Å². The molecule has 0 radical (unpaired) electrons. The minimum absolute atomic E-state index is 0.291. The summed E-state index contributed by atoms with van der Waals surface area (Å²) in [5.74, 6) is 2.20. The van der Waals surface area contributed by atoms with Crippen molar-refractivity contribution in [2.75, 3.05) is 0 Å². The molecule has 0 saturated heterocycles. The number of allylic oxidation sites excluding steroid dienone is 1. The molecule has 0 bridgehead atoms. The van der Waals surface area contributed by atoms with Crippen LogP contribution >= 0.6 is 11.3 Å². The quantitative estimate of drug-likeness (QED) is 0.181. The SMILES string of the molecule is C1=Cc2ccccc2C2CC(c3ccc4oc5cccc(-c6nc(-c7ccccc7)nc(-c7cccc8c7sc7ccccc78)n6)c5c4c3)=c3ccccc3=C12. The van der Waals surface area contributed by atoms with E-state index in [2.05, 4.69) is 140 Å². The minimum atomic E-state index is 0.291. The number of thiophene rings is 1. The molecule has 3 heterocycles. The lowest BCUT2D eigenvalue weighted by molar-refractivity contribution is 0.669. The van der Waals surface area contributed by atoms with E-state index >= 15 is 0 Å². The lowest BCUT2D eigenvalue weighted by Gasteiger charge is -2.29. The Hall–Kier alpha value is -6.95. The standard InChI is InChI=1S/C51H31N3OS/c1-2-13-31(14-3-1)49-52-50(54-51(53-49)40-21-10-19-38-37-18-8-9-23-46(37)56-48(38)40)39-20-11-22-45-47(39)43-28-32(25-27-44(43)55-45)41-29-42-33-15-5-4-12-30(33)24-26-36(42)34-16-6-7-17-35(34)41/h1-28,42H,29H2. The maximum absolute atomic E-state index is 6.59. The Morgan fingerprint density at radius 1 is 0.518 bits per heavy atom. The Bertz CT molecular complexity index is 3410. The van der Waals surface area contributed by atoms with E-state index in [-0.39, 0.29) is 0 Å². The van der Waals surface area contributed by atoms with Crippen molar-refractivity contribution in [3.8, 4) is 34.2 Å². The maximum atomic E-state index is 6.59. The van der Waals surface area contributed by atoms with Crippen molar-refractivity contribution in [2.45, 2.75) is 12.3 Å². The molecule has 7 aromatic carbocycles. The van der Waals surface area contributed by atoms with Crippen LogP contribution in [0.3, 0.4) is 0 Å². The van der Waals surface area contributed by atoms with Gasteiger partial charge in [-0.25, -0.2) is 15.0 Å². The third-order valence-electron chi connectivity index (χ3n) is 11.6. The van der Waals surface area contributed by atoms with E-state index in [9.17, 15) is 0 Å². The van der Waals surface area contributed by atoms with Gasteiger partial charge in [0.15, 0.2) is 17.5 Å². The highest BCUT2D eigenvalue weighted by Gasteiger charge is 2.27. The maximum Gasteiger partial charge on any atom is 0.165 e. The first-order valence-corrected chi connectivity index (χ1v) is 19.8. The van der Waals surface area contributed by atoms with Gasteiger partial charge in [0.25, 0.3) is 0 Å². The predicted molar refractivity (Wildman–Crippen MR) is 231 cm³/mol. The molecule has 4 nitrogen and oxygen atoms in total. The molecule has 56 heavy (non-hydrogen) atoms. The first-order chi connectivity index (χ1) is 27.7. The van der Waals surface area contributed by atoms with E-state index in [1.807, 2.05) is 30.3 Å². The zero-order valence-corrected chi connectivity index (χ0v) is 30.9. The minimum Gasteiger partial charge on any atom is -0.456 e. The van der Waals surface area contributed by atoms with Crippen molar-refractivity contribution in [1.29, 1.82) is 0 Å². The molecule has 0 N–H and O–H groups in total. The summed E-state index contributed by atoms with van der Waals surface area (Å²) in [6.45, 7) is 0. The van der Waals surface area contributed by atoms with Crippen LogP contribution in [0.4, 0.5) is 0 Å². The molecule has 0 saturated carbocycles. The molecular weight excluding hydrogens is 703 g/mol. The average Bonchev–Trinajstić information content (AvgIpc) is 3.84. The zero-order chi connectivity index (χ0) is 36.7. The van der Waals surface area contributed by atoms with Gasteiger partial charge in [-0.2, -0.15) is 0 Å². The van der Waals surface area contributed by atoms with Crippen molar-refractivity contribution in [3.05, 3.63) is 191 Å². The van der Waals surface area contributed by atoms with Gasteiger partial charge in [0.1, 0.15) is 11.2 Å². The molecule has 2 aliphatic carbocycles. The van der Waals surface area contributed by atoms with Crippen molar-refractivity contribution < 1.29 is 4.42 Å². The van der Waals surface area contributed by atoms with Gasteiger partial charge in [-0.3, -0.25) is 0 Å². The Balaban J connectivity index is 1.08. The number of furan rings is 1. The van der Waals surface area contributed by atoms with Gasteiger partial charge < -0.3 is 4.42 Å². The molecule has 1 atom stereocenters. The van der Waals surface area contributed by atoms with E-state index in [4.69, 9.17) is 19.4 Å². The molecule has 0 spiro atoms. The van der Waals surface area contributed by atoms with Crippen LogP contribution in [-0.4, -0.2) is 15.0 Å². The molecule has 0 aliphatic heterocycles. The molecule has 10 aromatic rings. The molecule has 0 amide bonds. The van der Waals surface area contributed by atoms with Gasteiger partial charge in [0.2, 0.25) is 0 Å². The lowest BCUT2D eigenvalue weighted by atomic mass is 9.74. The summed E-state index contributed by atoms with van der Waals surface area (Å²) < 4.78 is 9.00. The number of nitrogens with zero attached hydrogens (tertiary/aromatic N) is 3. The first kappa shape index (κ1) is 31.4. The molecule has 2 aliphatic rings. The fourth-order valence-electron chi connectivity index (χ4n) is 8.98. The van der Waals surface area contributed by atoms with E-state index in [0.29, 0.717) is 23.4 Å². The van der Waals surface area contributed by atoms with Crippen LogP contribution in [0.25, 0.3) is 93.5 Å². The fraction of sp³-hybridized carbons (Fsp3) is 0.0392. The fourth-order valence-corrected chi connectivity index (χ4v) is 10.2. The first-order valence-electron chi connectivity index (χ1n) is 19.0. The van der Waals surface area contributed by atoms with Crippen LogP contribution in [0.2, 0.25) is 0 Å². The van der Waals surface area contributed by atoms with E-state index < -0.39 is 0 Å². The van der Waals surface area contributed by atoms with Crippen molar-refractivity contribution >= 4 is 70.7 Å². The third kappa shape index (κ3) is 4.81. The zero-order valence-electron chi connectivity index (χ0n) is 30.1. The number of fused-ring (bicyclic) bond motifs is 10. The second-order valence-electron chi connectivity index (χ2n) is 14.6. The highest BCUT2D eigenvalue weighted by Crippen LogP contribution is 2.44. The number of rotatable bonds is 4. The van der Waals surface area contributed by atoms with Crippen LogP contribution in [-0.2, 0) is 0 Å². The number of hydrogen-bond donors (Lipinski definition) is 0. The van der Waals surface area contributed by atoms with E-state index in [1.165, 1.54) is 58.4 Å². The van der Waals surface area contributed by atoms with Gasteiger partial charge >= 0.3 is 0 Å². The number of benzene rings is 7. The smallest absolute Gasteiger partial charge is 0.165 e. The van der Waals surface area contributed by atoms with Crippen LogP contribution in [0, 0.1) is 0 Å². The normalized spacial score (nSPS) is 14.8. The van der Waals surface area contributed by atoms with E-state index in [1.54, 1.807) is 11.3 Å². The predicted octanol–water partition coefficient (Wildman–Crippen LogP) is 11.7. The Morgan fingerprint density at radius 2 is 1.25 bits per heavy atom. The highest BCUT2D eigenvalue weighted by atomic mass is 32.1. The van der Waals surface area contributed by atoms with Crippen LogP contribution < -0.4 is 10.4 Å². The van der Waals surface area contributed by atoms with Crippen molar-refractivity contribution in [1.82, 2.24) is 15.0 Å². The molecule has 1 unspecified atom stereocenters. The second-order valence-corrected chi connectivity index (χ2v) is 15.7. The molecular formula is C51H31N3OS. The number of aromatic nitrogens is 3. The highest BCUT2D eigenvalue weighted by molar-refractivity contribution is 7.26. The summed E-state index contributed by atoms with van der Waals surface area (Å²) in [5.41, 5.74) is 11.1.